The highest BCUT2D eigenvalue weighted by molar-refractivity contribution is 6.05. The zero-order valence-corrected chi connectivity index (χ0v) is 11.4. The highest BCUT2D eigenvalue weighted by Crippen LogP contribution is 2.19. The highest BCUT2D eigenvalue weighted by atomic mass is 16.2. The third-order valence-corrected chi connectivity index (χ3v) is 3.21. The Hall–Kier alpha value is -2.69. The van der Waals surface area contributed by atoms with E-state index in [-0.39, 0.29) is 17.9 Å². The average molecular weight is 281 g/mol. The number of aromatic nitrogens is 1. The number of carbonyl (C=O) groups excluding carboxylic acids is 2. The third kappa shape index (κ3) is 3.45. The van der Waals surface area contributed by atoms with Crippen LogP contribution < -0.4 is 10.6 Å². The number of carbonyl (C=O) groups is 2. The Bertz CT molecular complexity index is 666. The van der Waals surface area contributed by atoms with Crippen molar-refractivity contribution in [2.75, 3.05) is 5.32 Å². The molecule has 5 heteroatoms. The number of anilines is 1. The van der Waals surface area contributed by atoms with Crippen LogP contribution in [0.15, 0.2) is 48.8 Å². The summed E-state index contributed by atoms with van der Waals surface area (Å²) in [6.07, 6.45) is 4.96. The molecule has 2 N–H and O–H groups in total. The van der Waals surface area contributed by atoms with Crippen LogP contribution in [-0.2, 0) is 0 Å². The summed E-state index contributed by atoms with van der Waals surface area (Å²) in [5.74, 6) is -0.464. The summed E-state index contributed by atoms with van der Waals surface area (Å²) >= 11 is 0. The van der Waals surface area contributed by atoms with Gasteiger partial charge in [-0.05, 0) is 31.0 Å². The summed E-state index contributed by atoms with van der Waals surface area (Å²) in [5, 5.41) is 5.64. The van der Waals surface area contributed by atoms with Crippen molar-refractivity contribution in [1.82, 2.24) is 10.3 Å². The molecule has 3 rings (SSSR count). The van der Waals surface area contributed by atoms with Crippen molar-refractivity contribution in [3.05, 3.63) is 59.9 Å². The first-order valence-electron chi connectivity index (χ1n) is 6.85. The number of nitrogens with zero attached hydrogens (tertiary/aromatic N) is 1. The van der Waals surface area contributed by atoms with Crippen LogP contribution in [0, 0.1) is 0 Å². The first kappa shape index (κ1) is 13.3. The summed E-state index contributed by atoms with van der Waals surface area (Å²) in [5.41, 5.74) is 1.47. The fourth-order valence-corrected chi connectivity index (χ4v) is 1.91. The fraction of sp³-hybridized carbons (Fsp3) is 0.188. The fourth-order valence-electron chi connectivity index (χ4n) is 1.91. The van der Waals surface area contributed by atoms with Crippen molar-refractivity contribution < 1.29 is 9.59 Å². The molecule has 2 amide bonds. The van der Waals surface area contributed by atoms with Crippen LogP contribution in [0.1, 0.15) is 33.6 Å². The van der Waals surface area contributed by atoms with E-state index in [1.807, 2.05) is 18.2 Å². The van der Waals surface area contributed by atoms with E-state index in [0.29, 0.717) is 16.8 Å². The smallest absolute Gasteiger partial charge is 0.257 e. The minimum atomic E-state index is -0.283. The predicted octanol–water partition coefficient (Wildman–Crippen LogP) is 2.23. The monoisotopic (exact) mass is 281 g/mol. The molecule has 0 radical (unpaired) electrons. The lowest BCUT2D eigenvalue weighted by Gasteiger charge is -2.07. The number of hydrogen-bond donors (Lipinski definition) is 2. The molecule has 1 fully saturated rings. The molecule has 106 valence electrons. The first-order valence-corrected chi connectivity index (χ1v) is 6.85. The molecule has 0 spiro atoms. The summed E-state index contributed by atoms with van der Waals surface area (Å²) in [6, 6.07) is 11.0. The second kappa shape index (κ2) is 5.75. The summed E-state index contributed by atoms with van der Waals surface area (Å²) < 4.78 is 0. The lowest BCUT2D eigenvalue weighted by molar-refractivity contribution is 0.0950. The molecular weight excluding hydrogens is 266 g/mol. The average Bonchev–Trinajstić information content (AvgIpc) is 3.32. The van der Waals surface area contributed by atoms with Gasteiger partial charge in [0.25, 0.3) is 11.8 Å². The van der Waals surface area contributed by atoms with Gasteiger partial charge in [0.1, 0.15) is 0 Å². The Morgan fingerprint density at radius 1 is 1.00 bits per heavy atom. The molecule has 0 bridgehead atoms. The molecule has 0 atom stereocenters. The van der Waals surface area contributed by atoms with Gasteiger partial charge in [-0.3, -0.25) is 14.6 Å². The van der Waals surface area contributed by atoms with Crippen LogP contribution in [0.4, 0.5) is 5.69 Å². The van der Waals surface area contributed by atoms with Crippen LogP contribution in [0.2, 0.25) is 0 Å². The molecule has 1 saturated carbocycles. The van der Waals surface area contributed by atoms with Crippen LogP contribution in [0.5, 0.6) is 0 Å². The largest absolute Gasteiger partial charge is 0.349 e. The summed E-state index contributed by atoms with van der Waals surface area (Å²) in [4.78, 5) is 28.1. The zero-order chi connectivity index (χ0) is 14.7. The van der Waals surface area contributed by atoms with E-state index >= 15 is 0 Å². The van der Waals surface area contributed by atoms with E-state index in [1.54, 1.807) is 18.2 Å². The van der Waals surface area contributed by atoms with Gasteiger partial charge in [0.05, 0.1) is 11.1 Å². The maximum atomic E-state index is 12.1. The van der Waals surface area contributed by atoms with E-state index in [0.717, 1.165) is 12.8 Å². The van der Waals surface area contributed by atoms with Gasteiger partial charge >= 0.3 is 0 Å². The van der Waals surface area contributed by atoms with Crippen molar-refractivity contribution in [1.29, 1.82) is 0 Å². The number of pyridine rings is 1. The van der Waals surface area contributed by atoms with Gasteiger partial charge in [0.2, 0.25) is 0 Å². The molecule has 1 aliphatic rings. The van der Waals surface area contributed by atoms with Gasteiger partial charge in [0, 0.05) is 24.1 Å². The van der Waals surface area contributed by atoms with Gasteiger partial charge < -0.3 is 10.6 Å². The van der Waals surface area contributed by atoms with Crippen molar-refractivity contribution in [3.63, 3.8) is 0 Å². The summed E-state index contributed by atoms with van der Waals surface area (Å²) in [6.45, 7) is 0. The van der Waals surface area contributed by atoms with Gasteiger partial charge in [-0.25, -0.2) is 0 Å². The molecule has 2 aromatic rings. The maximum absolute atomic E-state index is 12.1. The van der Waals surface area contributed by atoms with Crippen LogP contribution in [0.3, 0.4) is 0 Å². The SMILES string of the molecule is O=C(Nc1ccccc1)c1cncc(C(=O)NC2CC2)c1. The minimum Gasteiger partial charge on any atom is -0.349 e. The quantitative estimate of drug-likeness (QED) is 0.902. The van der Waals surface area contributed by atoms with E-state index in [1.165, 1.54) is 12.4 Å². The number of para-hydroxylation sites is 1. The molecule has 1 aromatic heterocycles. The molecule has 5 nitrogen and oxygen atoms in total. The van der Waals surface area contributed by atoms with E-state index in [2.05, 4.69) is 15.6 Å². The number of amides is 2. The number of nitrogens with one attached hydrogen (secondary N) is 2. The molecule has 1 aromatic carbocycles. The van der Waals surface area contributed by atoms with E-state index in [9.17, 15) is 9.59 Å². The second-order valence-corrected chi connectivity index (χ2v) is 5.03. The van der Waals surface area contributed by atoms with Crippen molar-refractivity contribution in [2.45, 2.75) is 18.9 Å². The molecule has 0 aliphatic heterocycles. The van der Waals surface area contributed by atoms with Crippen molar-refractivity contribution in [3.8, 4) is 0 Å². The summed E-state index contributed by atoms with van der Waals surface area (Å²) in [7, 11) is 0. The molecular formula is C16H15N3O2. The van der Waals surface area contributed by atoms with Gasteiger partial charge in [-0.15, -0.1) is 0 Å². The zero-order valence-electron chi connectivity index (χ0n) is 11.4. The van der Waals surface area contributed by atoms with E-state index < -0.39 is 0 Å². The molecule has 0 unspecified atom stereocenters. The lowest BCUT2D eigenvalue weighted by atomic mass is 10.2. The standard InChI is InChI=1S/C16H15N3O2/c20-15(18-13-4-2-1-3-5-13)11-8-12(10-17-9-11)16(21)19-14-6-7-14/h1-5,8-10,14H,6-7H2,(H,18,20)(H,19,21). The molecule has 1 heterocycles. The Labute approximate surface area is 122 Å². The maximum Gasteiger partial charge on any atom is 0.257 e. The predicted molar refractivity (Wildman–Crippen MR) is 79.1 cm³/mol. The van der Waals surface area contributed by atoms with Gasteiger partial charge in [-0.2, -0.15) is 0 Å². The topological polar surface area (TPSA) is 71.1 Å². The number of benzene rings is 1. The lowest BCUT2D eigenvalue weighted by Crippen LogP contribution is -2.26. The Morgan fingerprint density at radius 2 is 1.67 bits per heavy atom. The Balaban J connectivity index is 1.72. The van der Waals surface area contributed by atoms with Crippen LogP contribution >= 0.6 is 0 Å². The third-order valence-electron chi connectivity index (χ3n) is 3.21. The molecule has 0 saturated heterocycles. The Kier molecular flexibility index (Phi) is 3.64. The first-order chi connectivity index (χ1) is 10.2. The van der Waals surface area contributed by atoms with Gasteiger partial charge in [0.15, 0.2) is 0 Å². The van der Waals surface area contributed by atoms with Crippen molar-refractivity contribution in [2.24, 2.45) is 0 Å². The molecule has 21 heavy (non-hydrogen) atoms. The second-order valence-electron chi connectivity index (χ2n) is 5.03. The van der Waals surface area contributed by atoms with E-state index in [4.69, 9.17) is 0 Å². The number of rotatable bonds is 4. The molecule has 1 aliphatic carbocycles. The highest BCUT2D eigenvalue weighted by Gasteiger charge is 2.24. The van der Waals surface area contributed by atoms with Crippen LogP contribution in [-0.4, -0.2) is 22.8 Å². The number of hydrogen-bond acceptors (Lipinski definition) is 3. The Morgan fingerprint density at radius 3 is 2.33 bits per heavy atom. The minimum absolute atomic E-state index is 0.181. The van der Waals surface area contributed by atoms with Gasteiger partial charge in [-0.1, -0.05) is 18.2 Å². The van der Waals surface area contributed by atoms with Crippen molar-refractivity contribution >= 4 is 17.5 Å². The van der Waals surface area contributed by atoms with Crippen LogP contribution in [0.25, 0.3) is 0 Å². The normalized spacial score (nSPS) is 13.5.